The Hall–Kier alpha value is -4.34. The molecule has 10 nitrogen and oxygen atoms in total. The van der Waals surface area contributed by atoms with E-state index in [1.165, 1.54) is 56.2 Å². The fourth-order valence-corrected chi connectivity index (χ4v) is 4.09. The van der Waals surface area contributed by atoms with Gasteiger partial charge in [0, 0.05) is 18.2 Å². The van der Waals surface area contributed by atoms with E-state index >= 15 is 0 Å². The molecule has 2 aromatic carbocycles. The van der Waals surface area contributed by atoms with Crippen LogP contribution in [-0.2, 0) is 22.5 Å². The minimum atomic E-state index is -0.946. The minimum Gasteiger partial charge on any atom is -0.507 e. The molecule has 36 heavy (non-hydrogen) atoms. The second-order valence-corrected chi connectivity index (χ2v) is 8.22. The maximum atomic E-state index is 13.7. The Kier molecular flexibility index (Phi) is 7.98. The van der Waals surface area contributed by atoms with Crippen molar-refractivity contribution in [3.8, 4) is 34.5 Å². The zero-order chi connectivity index (χ0) is 26.6. The van der Waals surface area contributed by atoms with E-state index in [-0.39, 0.29) is 53.0 Å². The van der Waals surface area contributed by atoms with E-state index in [4.69, 9.17) is 14.2 Å². The molecule has 0 spiro atoms. The van der Waals surface area contributed by atoms with Gasteiger partial charge in [-0.15, -0.1) is 0 Å². The van der Waals surface area contributed by atoms with Gasteiger partial charge in [-0.1, -0.05) is 6.07 Å². The van der Waals surface area contributed by atoms with Gasteiger partial charge in [0.15, 0.2) is 23.0 Å². The molecule has 0 saturated heterocycles. The number of carbonyl (C=O) groups is 1. The van der Waals surface area contributed by atoms with Gasteiger partial charge < -0.3 is 39.2 Å². The smallest absolute Gasteiger partial charge is 0.306 e. The molecule has 1 aromatic heterocycles. The van der Waals surface area contributed by atoms with Crippen molar-refractivity contribution in [1.82, 2.24) is 4.57 Å². The molecule has 3 aromatic rings. The number of hydrogen-bond acceptors (Lipinski definition) is 9. The van der Waals surface area contributed by atoms with Crippen molar-refractivity contribution in [2.24, 2.45) is 0 Å². The van der Waals surface area contributed by atoms with Gasteiger partial charge in [-0.2, -0.15) is 0 Å². The molecule has 0 aliphatic carbocycles. The van der Waals surface area contributed by atoms with Gasteiger partial charge in [0.2, 0.25) is 5.75 Å². The summed E-state index contributed by atoms with van der Waals surface area (Å²) in [7, 11) is 3.92. The Morgan fingerprint density at radius 3 is 2.11 bits per heavy atom. The molecule has 0 bridgehead atoms. The number of phenols is 3. The number of aromatic nitrogens is 1. The molecule has 192 valence electrons. The van der Waals surface area contributed by atoms with Crippen LogP contribution in [0, 0.1) is 6.92 Å². The van der Waals surface area contributed by atoms with E-state index in [0.29, 0.717) is 23.2 Å². The van der Waals surface area contributed by atoms with Crippen LogP contribution in [0.3, 0.4) is 0 Å². The van der Waals surface area contributed by atoms with E-state index in [1.54, 1.807) is 13.0 Å². The van der Waals surface area contributed by atoms with Crippen LogP contribution < -0.4 is 15.0 Å². The molecule has 0 aliphatic rings. The van der Waals surface area contributed by atoms with E-state index in [0.717, 1.165) is 0 Å². The van der Waals surface area contributed by atoms with Gasteiger partial charge in [-0.25, -0.2) is 0 Å². The Labute approximate surface area is 207 Å². The van der Waals surface area contributed by atoms with Crippen LogP contribution in [-0.4, -0.2) is 52.3 Å². The summed E-state index contributed by atoms with van der Waals surface area (Å²) in [5.74, 6) is -2.48. The topological polar surface area (TPSA) is 148 Å². The maximum Gasteiger partial charge on any atom is 0.306 e. The predicted octanol–water partition coefficient (Wildman–Crippen LogP) is 2.93. The third-order valence-corrected chi connectivity index (χ3v) is 6.04. The lowest BCUT2D eigenvalue weighted by molar-refractivity contribution is -0.140. The first-order valence-corrected chi connectivity index (χ1v) is 11.1. The SMILES string of the molecule is COC(=O)C[C@H](c1cc(OC)c(O)c(OC)c1)c1c(O)cc(C)n(CCc2ccc(O)c(O)c2)c1=O. The largest absolute Gasteiger partial charge is 0.507 e. The minimum absolute atomic E-state index is 0.0330. The number of aryl methyl sites for hydroxylation is 2. The first-order chi connectivity index (χ1) is 17.1. The van der Waals surface area contributed by atoms with E-state index in [9.17, 15) is 30.0 Å². The van der Waals surface area contributed by atoms with Gasteiger partial charge in [-0.05, 0) is 54.8 Å². The molecule has 3 rings (SSSR count). The van der Waals surface area contributed by atoms with Crippen LogP contribution in [0.1, 0.15) is 34.7 Å². The predicted molar refractivity (Wildman–Crippen MR) is 130 cm³/mol. The lowest BCUT2D eigenvalue weighted by Gasteiger charge is -2.22. The summed E-state index contributed by atoms with van der Waals surface area (Å²) in [6, 6.07) is 8.77. The second kappa shape index (κ2) is 10.9. The number of methoxy groups -OCH3 is 3. The van der Waals surface area contributed by atoms with Crippen molar-refractivity contribution in [2.75, 3.05) is 21.3 Å². The fourth-order valence-electron chi connectivity index (χ4n) is 4.09. The van der Waals surface area contributed by atoms with Crippen molar-refractivity contribution in [1.29, 1.82) is 0 Å². The number of ether oxygens (including phenoxy) is 3. The lowest BCUT2D eigenvalue weighted by atomic mass is 9.87. The molecule has 4 N–H and O–H groups in total. The summed E-state index contributed by atoms with van der Waals surface area (Å²) in [4.78, 5) is 26.0. The molecule has 0 saturated carbocycles. The van der Waals surface area contributed by atoms with Gasteiger partial charge in [0.1, 0.15) is 5.75 Å². The van der Waals surface area contributed by atoms with Crippen LogP contribution in [0.15, 0.2) is 41.2 Å². The van der Waals surface area contributed by atoms with Crippen LogP contribution in [0.2, 0.25) is 0 Å². The Morgan fingerprint density at radius 1 is 0.917 bits per heavy atom. The number of carbonyl (C=O) groups excluding carboxylic acids is 1. The average molecular weight is 500 g/mol. The Balaban J connectivity index is 2.13. The summed E-state index contributed by atoms with van der Waals surface area (Å²) in [6.07, 6.45) is 0.0760. The Morgan fingerprint density at radius 2 is 1.56 bits per heavy atom. The molecule has 0 unspecified atom stereocenters. The quantitative estimate of drug-likeness (QED) is 0.258. The standard InChI is InChI=1S/C26H29NO9/c1-14-9-20(30)24(26(33)27(14)8-7-15-5-6-18(28)19(29)10-15)17(13-23(31)36-4)16-11-21(34-2)25(32)22(12-16)35-3/h5-6,9-12,17,28-30,32H,7-8,13H2,1-4H3/t17-/m1/s1. The zero-order valence-corrected chi connectivity index (χ0v) is 20.4. The monoisotopic (exact) mass is 499 g/mol. The molecule has 0 amide bonds. The highest BCUT2D eigenvalue weighted by molar-refractivity contribution is 5.72. The number of esters is 1. The third kappa shape index (κ3) is 5.32. The number of phenolic OH excluding ortho intramolecular Hbond substituents is 3. The highest BCUT2D eigenvalue weighted by Gasteiger charge is 2.28. The molecular weight excluding hydrogens is 470 g/mol. The molecule has 1 heterocycles. The third-order valence-electron chi connectivity index (χ3n) is 6.04. The lowest BCUT2D eigenvalue weighted by Crippen LogP contribution is -2.29. The first kappa shape index (κ1) is 26.3. The number of rotatable bonds is 9. The second-order valence-electron chi connectivity index (χ2n) is 8.22. The van der Waals surface area contributed by atoms with Crippen molar-refractivity contribution >= 4 is 5.97 Å². The summed E-state index contributed by atoms with van der Waals surface area (Å²) in [6.45, 7) is 1.87. The van der Waals surface area contributed by atoms with Crippen molar-refractivity contribution in [3.05, 3.63) is 69.1 Å². The average Bonchev–Trinajstić information content (AvgIpc) is 2.85. The first-order valence-electron chi connectivity index (χ1n) is 11.1. The molecule has 0 aliphatic heterocycles. The molecular formula is C26H29NO9. The van der Waals surface area contributed by atoms with E-state index < -0.39 is 17.4 Å². The van der Waals surface area contributed by atoms with Gasteiger partial charge >= 0.3 is 5.97 Å². The number of hydrogen-bond donors (Lipinski definition) is 4. The molecule has 0 radical (unpaired) electrons. The molecule has 0 fully saturated rings. The zero-order valence-electron chi connectivity index (χ0n) is 20.4. The van der Waals surface area contributed by atoms with Crippen molar-refractivity contribution in [2.45, 2.75) is 32.2 Å². The van der Waals surface area contributed by atoms with Gasteiger partial charge in [0.25, 0.3) is 5.56 Å². The Bertz CT molecular complexity index is 1300. The highest BCUT2D eigenvalue weighted by atomic mass is 16.5. The number of nitrogens with zero attached hydrogens (tertiary/aromatic N) is 1. The molecule has 10 heteroatoms. The summed E-state index contributed by atoms with van der Waals surface area (Å²) >= 11 is 0. The van der Waals surface area contributed by atoms with Crippen LogP contribution >= 0.6 is 0 Å². The summed E-state index contributed by atoms with van der Waals surface area (Å²) < 4.78 is 16.7. The maximum absolute atomic E-state index is 13.7. The van der Waals surface area contributed by atoms with E-state index in [1.807, 2.05) is 0 Å². The summed E-state index contributed by atoms with van der Waals surface area (Å²) in [5, 5.41) is 40.4. The molecule has 1 atom stereocenters. The van der Waals surface area contributed by atoms with Crippen molar-refractivity contribution < 1.29 is 39.4 Å². The number of pyridine rings is 1. The summed E-state index contributed by atoms with van der Waals surface area (Å²) in [5.41, 5.74) is 1.01. The van der Waals surface area contributed by atoms with Gasteiger partial charge in [0.05, 0.1) is 33.3 Å². The normalized spacial score (nSPS) is 11.7. The number of aromatic hydroxyl groups is 4. The van der Waals surface area contributed by atoms with Crippen LogP contribution in [0.5, 0.6) is 34.5 Å². The fraction of sp³-hybridized carbons (Fsp3) is 0.308. The number of benzene rings is 2. The van der Waals surface area contributed by atoms with Crippen molar-refractivity contribution in [3.63, 3.8) is 0 Å². The highest BCUT2D eigenvalue weighted by Crippen LogP contribution is 2.42. The van der Waals surface area contributed by atoms with E-state index in [2.05, 4.69) is 0 Å². The van der Waals surface area contributed by atoms with Gasteiger partial charge in [-0.3, -0.25) is 9.59 Å². The van der Waals surface area contributed by atoms with Crippen LogP contribution in [0.4, 0.5) is 0 Å². The van der Waals surface area contributed by atoms with Crippen LogP contribution in [0.25, 0.3) is 0 Å².